The highest BCUT2D eigenvalue weighted by atomic mass is 35.5. The average molecular weight is 231 g/mol. The fourth-order valence-corrected chi connectivity index (χ4v) is 2.88. The third kappa shape index (κ3) is 3.08. The molecule has 1 unspecified atom stereocenters. The number of alkyl halides is 1. The van der Waals surface area contributed by atoms with E-state index in [1.54, 1.807) is 0 Å². The first kappa shape index (κ1) is 11.7. The predicted octanol–water partition coefficient (Wildman–Crippen LogP) is 2.22. The Morgan fingerprint density at radius 3 is 2.80 bits per heavy atom. The zero-order chi connectivity index (χ0) is 10.7. The first-order valence-electron chi connectivity index (χ1n) is 6.27. The fraction of sp³-hybridized carbons (Fsp3) is 1.00. The molecule has 88 valence electrons. The Balaban J connectivity index is 1.64. The largest absolute Gasteiger partial charge is 0.310 e. The van der Waals surface area contributed by atoms with Crippen LogP contribution in [-0.2, 0) is 0 Å². The molecule has 0 bridgehead atoms. The van der Waals surface area contributed by atoms with Crippen molar-refractivity contribution in [2.75, 3.05) is 26.0 Å². The van der Waals surface area contributed by atoms with Crippen molar-refractivity contribution in [1.29, 1.82) is 0 Å². The maximum atomic E-state index is 5.93. The van der Waals surface area contributed by atoms with Gasteiger partial charge in [-0.2, -0.15) is 0 Å². The van der Waals surface area contributed by atoms with Gasteiger partial charge < -0.3 is 10.2 Å². The molecule has 1 aliphatic carbocycles. The summed E-state index contributed by atoms with van der Waals surface area (Å²) in [5.74, 6) is 0.785. The molecule has 1 saturated heterocycles. The highest BCUT2D eigenvalue weighted by molar-refractivity contribution is 6.18. The van der Waals surface area contributed by atoms with E-state index in [4.69, 9.17) is 11.6 Å². The Labute approximate surface area is 98.4 Å². The monoisotopic (exact) mass is 230 g/mol. The van der Waals surface area contributed by atoms with Crippen LogP contribution in [0.5, 0.6) is 0 Å². The molecule has 1 aliphatic heterocycles. The maximum Gasteiger partial charge on any atom is 0.0406 e. The molecular formula is C12H23ClN2. The summed E-state index contributed by atoms with van der Waals surface area (Å²) < 4.78 is 0. The summed E-state index contributed by atoms with van der Waals surface area (Å²) in [4.78, 5) is 2.52. The molecule has 1 saturated carbocycles. The Bertz CT molecular complexity index is 204. The Kier molecular flexibility index (Phi) is 3.92. The van der Waals surface area contributed by atoms with Crippen molar-refractivity contribution in [2.24, 2.45) is 0 Å². The van der Waals surface area contributed by atoms with E-state index in [0.29, 0.717) is 5.54 Å². The lowest BCUT2D eigenvalue weighted by atomic mass is 10.00. The van der Waals surface area contributed by atoms with Crippen LogP contribution in [0.1, 0.15) is 38.5 Å². The van der Waals surface area contributed by atoms with Gasteiger partial charge >= 0.3 is 0 Å². The van der Waals surface area contributed by atoms with Gasteiger partial charge in [0.25, 0.3) is 0 Å². The second-order valence-electron chi connectivity index (χ2n) is 5.26. The molecule has 2 nitrogen and oxygen atoms in total. The lowest BCUT2D eigenvalue weighted by Gasteiger charge is -2.33. The lowest BCUT2D eigenvalue weighted by molar-refractivity contribution is 0.174. The van der Waals surface area contributed by atoms with E-state index in [2.05, 4.69) is 17.3 Å². The molecule has 2 rings (SSSR count). The van der Waals surface area contributed by atoms with E-state index >= 15 is 0 Å². The number of hydrogen-bond donors (Lipinski definition) is 1. The lowest BCUT2D eigenvalue weighted by Crippen LogP contribution is -2.41. The molecule has 0 aromatic rings. The topological polar surface area (TPSA) is 15.3 Å². The summed E-state index contributed by atoms with van der Waals surface area (Å²) in [5, 5.41) is 3.63. The summed E-state index contributed by atoms with van der Waals surface area (Å²) in [6.45, 7) is 2.42. The first-order chi connectivity index (χ1) is 7.26. The number of likely N-dealkylation sites (tertiary alicyclic amines) is 1. The van der Waals surface area contributed by atoms with Crippen LogP contribution in [0.2, 0.25) is 0 Å². The smallest absolute Gasteiger partial charge is 0.0406 e. The van der Waals surface area contributed by atoms with Gasteiger partial charge in [0.1, 0.15) is 0 Å². The molecule has 0 radical (unpaired) electrons. The maximum absolute atomic E-state index is 5.93. The van der Waals surface area contributed by atoms with Crippen molar-refractivity contribution in [3.63, 3.8) is 0 Å². The summed E-state index contributed by atoms with van der Waals surface area (Å²) in [7, 11) is 2.26. The highest BCUT2D eigenvalue weighted by Gasteiger charge is 2.41. The third-order valence-electron chi connectivity index (χ3n) is 4.01. The van der Waals surface area contributed by atoms with Gasteiger partial charge in [-0.3, -0.25) is 0 Å². The Morgan fingerprint density at radius 1 is 1.40 bits per heavy atom. The van der Waals surface area contributed by atoms with E-state index in [9.17, 15) is 0 Å². The van der Waals surface area contributed by atoms with Gasteiger partial charge in [0.05, 0.1) is 0 Å². The molecular weight excluding hydrogens is 208 g/mol. The van der Waals surface area contributed by atoms with Gasteiger partial charge in [-0.15, -0.1) is 11.6 Å². The fourth-order valence-electron chi connectivity index (χ4n) is 2.52. The van der Waals surface area contributed by atoms with E-state index in [1.807, 2.05) is 0 Å². The van der Waals surface area contributed by atoms with Gasteiger partial charge in [-0.25, -0.2) is 0 Å². The van der Waals surface area contributed by atoms with Gasteiger partial charge in [0, 0.05) is 17.5 Å². The molecule has 1 heterocycles. The van der Waals surface area contributed by atoms with Crippen LogP contribution in [0, 0.1) is 0 Å². The number of piperidine rings is 1. The first-order valence-corrected chi connectivity index (χ1v) is 6.80. The Morgan fingerprint density at radius 2 is 2.20 bits per heavy atom. The predicted molar refractivity (Wildman–Crippen MR) is 65.6 cm³/mol. The van der Waals surface area contributed by atoms with Crippen molar-refractivity contribution >= 4 is 11.6 Å². The van der Waals surface area contributed by atoms with Crippen LogP contribution >= 0.6 is 11.6 Å². The van der Waals surface area contributed by atoms with Crippen molar-refractivity contribution in [3.05, 3.63) is 0 Å². The molecule has 2 fully saturated rings. The number of halogens is 1. The van der Waals surface area contributed by atoms with Gasteiger partial charge in [-0.1, -0.05) is 6.42 Å². The van der Waals surface area contributed by atoms with Gasteiger partial charge in [0.2, 0.25) is 0 Å². The zero-order valence-electron chi connectivity index (χ0n) is 9.77. The summed E-state index contributed by atoms with van der Waals surface area (Å²) in [6, 6.07) is 0.803. The third-order valence-corrected chi connectivity index (χ3v) is 4.52. The van der Waals surface area contributed by atoms with Crippen molar-refractivity contribution in [1.82, 2.24) is 10.2 Å². The van der Waals surface area contributed by atoms with E-state index < -0.39 is 0 Å². The molecule has 0 aromatic carbocycles. The normalized spacial score (nSPS) is 30.4. The quantitative estimate of drug-likeness (QED) is 0.729. The Hall–Kier alpha value is 0.210. The van der Waals surface area contributed by atoms with E-state index in [0.717, 1.165) is 18.5 Å². The van der Waals surface area contributed by atoms with Crippen LogP contribution in [0.4, 0.5) is 0 Å². The standard InChI is InChI=1S/C12H23ClN2/c1-15-9-3-2-4-11(15)5-8-14-12(10-13)6-7-12/h11,14H,2-10H2,1H3. The number of nitrogens with one attached hydrogen (secondary N) is 1. The van der Waals surface area contributed by atoms with Gasteiger partial charge in [0.15, 0.2) is 0 Å². The average Bonchev–Trinajstić information content (AvgIpc) is 3.02. The highest BCUT2D eigenvalue weighted by Crippen LogP contribution is 2.36. The van der Waals surface area contributed by atoms with Crippen LogP contribution in [0.25, 0.3) is 0 Å². The van der Waals surface area contributed by atoms with Crippen LogP contribution < -0.4 is 5.32 Å². The number of hydrogen-bond acceptors (Lipinski definition) is 2. The van der Waals surface area contributed by atoms with Crippen LogP contribution in [0.15, 0.2) is 0 Å². The molecule has 1 atom stereocenters. The number of nitrogens with zero attached hydrogens (tertiary/aromatic N) is 1. The summed E-state index contributed by atoms with van der Waals surface area (Å²) in [6.07, 6.45) is 8.01. The zero-order valence-corrected chi connectivity index (χ0v) is 10.5. The second kappa shape index (κ2) is 5.03. The summed E-state index contributed by atoms with van der Waals surface area (Å²) >= 11 is 5.93. The number of rotatable bonds is 5. The molecule has 3 heteroatoms. The molecule has 0 spiro atoms. The van der Waals surface area contributed by atoms with Crippen LogP contribution in [0.3, 0.4) is 0 Å². The minimum atomic E-state index is 0.328. The van der Waals surface area contributed by atoms with Crippen LogP contribution in [-0.4, -0.2) is 42.5 Å². The van der Waals surface area contributed by atoms with E-state index in [1.165, 1.54) is 45.1 Å². The van der Waals surface area contributed by atoms with E-state index in [-0.39, 0.29) is 0 Å². The molecule has 1 N–H and O–H groups in total. The SMILES string of the molecule is CN1CCCCC1CCNC1(CCl)CC1. The molecule has 0 amide bonds. The van der Waals surface area contributed by atoms with Crippen molar-refractivity contribution in [2.45, 2.75) is 50.1 Å². The van der Waals surface area contributed by atoms with Crippen molar-refractivity contribution in [3.8, 4) is 0 Å². The summed E-state index contributed by atoms with van der Waals surface area (Å²) in [5.41, 5.74) is 0.328. The second-order valence-corrected chi connectivity index (χ2v) is 5.53. The molecule has 15 heavy (non-hydrogen) atoms. The van der Waals surface area contributed by atoms with Gasteiger partial charge in [-0.05, 0) is 52.2 Å². The minimum absolute atomic E-state index is 0.328. The van der Waals surface area contributed by atoms with Crippen molar-refractivity contribution < 1.29 is 0 Å². The molecule has 0 aromatic heterocycles. The minimum Gasteiger partial charge on any atom is -0.310 e. The molecule has 2 aliphatic rings.